The summed E-state index contributed by atoms with van der Waals surface area (Å²) in [6.45, 7) is 33.8. The highest BCUT2D eigenvalue weighted by molar-refractivity contribution is 14.1. The molecule has 10 heterocycles. The van der Waals surface area contributed by atoms with Crippen LogP contribution in [-0.2, 0) is 25.6 Å². The number of pyridine rings is 1. The summed E-state index contributed by atoms with van der Waals surface area (Å²) in [4.78, 5) is 11.9. The van der Waals surface area contributed by atoms with E-state index in [2.05, 4.69) is 289 Å². The number of furan rings is 3. The highest BCUT2D eigenvalue weighted by Crippen LogP contribution is 2.38. The maximum atomic E-state index is 12.0. The second kappa shape index (κ2) is 67.5. The number of halogens is 24. The van der Waals surface area contributed by atoms with Crippen LogP contribution in [0.2, 0.25) is 10.0 Å². The molecule has 0 aromatic carbocycles. The summed E-state index contributed by atoms with van der Waals surface area (Å²) in [5.74, 6) is 3.42. The predicted molar refractivity (Wildman–Crippen MR) is 599 cm³/mol. The van der Waals surface area contributed by atoms with Crippen LogP contribution in [0.3, 0.4) is 0 Å². The Labute approximate surface area is 915 Å². The average Bonchev–Trinajstić information content (AvgIpc) is 1.69. The molecular formula is C99H107Br4Cl4F12I4N3O4S5. The van der Waals surface area contributed by atoms with Gasteiger partial charge in [-0.05, 0) is 401 Å². The van der Waals surface area contributed by atoms with Crippen LogP contribution in [0.5, 0.6) is 5.88 Å². The monoisotopic (exact) mass is 2750 g/mol. The minimum Gasteiger partial charge on any atom is -0.481 e. The first-order valence-electron chi connectivity index (χ1n) is 40.4. The van der Waals surface area contributed by atoms with Crippen LogP contribution in [0, 0.1) is 83.3 Å². The van der Waals surface area contributed by atoms with Crippen LogP contribution < -0.4 is 4.74 Å². The van der Waals surface area contributed by atoms with Crippen molar-refractivity contribution in [1.82, 2.24) is 14.5 Å². The minimum atomic E-state index is -4.30. The van der Waals surface area contributed by atoms with Crippen LogP contribution >= 0.6 is 257 Å². The molecule has 7 aliphatic carbocycles. The molecule has 10 aromatic rings. The van der Waals surface area contributed by atoms with Crippen molar-refractivity contribution in [2.24, 2.45) is 7.05 Å². The molecule has 740 valence electrons. The van der Waals surface area contributed by atoms with Crippen LogP contribution in [0.1, 0.15) is 168 Å². The number of alkyl halides is 12. The van der Waals surface area contributed by atoms with Crippen molar-refractivity contribution in [3.63, 3.8) is 0 Å². The Morgan fingerprint density at radius 1 is 0.393 bits per heavy atom. The average molecular weight is 2760 g/mol. The molecular weight excluding hydrogens is 2650 g/mol. The molecule has 0 radical (unpaired) electrons. The number of thiophene rings is 4. The van der Waals surface area contributed by atoms with E-state index in [1.807, 2.05) is 96.3 Å². The van der Waals surface area contributed by atoms with Gasteiger partial charge >= 0.3 is 24.7 Å². The van der Waals surface area contributed by atoms with Gasteiger partial charge in [0.25, 0.3) is 0 Å². The summed E-state index contributed by atoms with van der Waals surface area (Å²) in [7, 11) is 3.19. The van der Waals surface area contributed by atoms with Crippen LogP contribution in [0.25, 0.3) is 0 Å². The molecule has 10 aromatic heterocycles. The molecule has 0 amide bonds. The SMILES string of the molecule is CC1=C(Br)CC=C1.CC1=C(Br)CC=C1.CC1=C(C(F)(F)F)CC=C1.CC1=C(Cl)CC=C1.CC1=C(Cl)CC=C1.CC1=C(I)CC=C1.CC1=C(I)CC=C1.COc1ncccc1C.Cc1cn(C)cc1C(F)(F)F.Cc1nc(C(F)(F)F)c(C)s1.Cc1occc1Br.Cc1occc1Cl.Cc1occc1I.Cc1sccc1Br.Cc1sccc1C(F)(F)F.Cc1sccc1Cl.Cc1sccc1I. The van der Waals surface area contributed by atoms with Crippen LogP contribution in [0.4, 0.5) is 52.7 Å². The largest absolute Gasteiger partial charge is 0.481 e. The van der Waals surface area contributed by atoms with Crippen molar-refractivity contribution in [3.8, 4) is 5.88 Å². The number of methoxy groups -OCH3 is 1. The lowest BCUT2D eigenvalue weighted by atomic mass is 10.1. The van der Waals surface area contributed by atoms with Crippen molar-refractivity contribution < 1.29 is 70.7 Å². The van der Waals surface area contributed by atoms with Gasteiger partial charge in [-0.15, -0.1) is 56.7 Å². The maximum absolute atomic E-state index is 12.0. The Bertz CT molecular complexity index is 5020. The lowest BCUT2D eigenvalue weighted by molar-refractivity contribution is -0.141. The maximum Gasteiger partial charge on any atom is 0.434 e. The normalized spacial score (nSPS) is 13.7. The number of ether oxygens (including phenoxy) is 1. The van der Waals surface area contributed by atoms with Gasteiger partial charge in [-0.2, -0.15) is 52.7 Å². The number of aryl methyl sites for hydroxylation is 12. The fourth-order valence-electron chi connectivity index (χ4n) is 9.89. The Morgan fingerprint density at radius 2 is 0.830 bits per heavy atom. The van der Waals surface area contributed by atoms with Gasteiger partial charge in [0.2, 0.25) is 5.88 Å². The molecule has 0 fully saturated rings. The van der Waals surface area contributed by atoms with E-state index in [0.717, 1.165) is 116 Å². The molecule has 0 saturated heterocycles. The van der Waals surface area contributed by atoms with E-state index >= 15 is 0 Å². The summed E-state index contributed by atoms with van der Waals surface area (Å²) in [5.41, 5.74) is 7.45. The summed E-state index contributed by atoms with van der Waals surface area (Å²) >= 11 is 52.7. The fourth-order valence-corrected chi connectivity index (χ4v) is 17.3. The van der Waals surface area contributed by atoms with Crippen LogP contribution in [-0.4, -0.2) is 27.8 Å². The number of hydrogen-bond donors (Lipinski definition) is 0. The van der Waals surface area contributed by atoms with E-state index in [1.54, 1.807) is 86.1 Å². The smallest absolute Gasteiger partial charge is 0.434 e. The lowest BCUT2D eigenvalue weighted by Gasteiger charge is -2.07. The van der Waals surface area contributed by atoms with Gasteiger partial charge in [-0.1, -0.05) is 169 Å². The molecule has 0 N–H and O–H groups in total. The van der Waals surface area contributed by atoms with Gasteiger partial charge < -0.3 is 22.6 Å². The number of aromatic nitrogens is 3. The number of allylic oxidation sites excluding steroid dienone is 28. The summed E-state index contributed by atoms with van der Waals surface area (Å²) in [5, 5.41) is 11.6. The first-order valence-corrected chi connectivity index (χ1v) is 53.7. The number of rotatable bonds is 1. The lowest BCUT2D eigenvalue weighted by Crippen LogP contribution is -2.11. The van der Waals surface area contributed by atoms with E-state index in [9.17, 15) is 52.7 Å². The second-order valence-electron chi connectivity index (χ2n) is 28.8. The van der Waals surface area contributed by atoms with E-state index in [0.29, 0.717) is 26.4 Å². The van der Waals surface area contributed by atoms with Crippen molar-refractivity contribution in [3.05, 3.63) is 370 Å². The van der Waals surface area contributed by atoms with Crippen molar-refractivity contribution in [1.29, 1.82) is 0 Å². The summed E-state index contributed by atoms with van der Waals surface area (Å²) < 4.78 is 175. The first kappa shape index (κ1) is 129. The highest BCUT2D eigenvalue weighted by Gasteiger charge is 2.37. The molecule has 135 heavy (non-hydrogen) atoms. The van der Waals surface area contributed by atoms with Gasteiger partial charge in [0.15, 0.2) is 5.69 Å². The van der Waals surface area contributed by atoms with E-state index in [1.165, 1.54) is 132 Å². The van der Waals surface area contributed by atoms with Crippen molar-refractivity contribution >= 4 is 257 Å². The van der Waals surface area contributed by atoms with Crippen LogP contribution in [0.15, 0.2) is 292 Å². The Hall–Kier alpha value is -3.98. The predicted octanol–water partition coefficient (Wildman–Crippen LogP) is 42.9. The van der Waals surface area contributed by atoms with E-state index in [-0.39, 0.29) is 16.9 Å². The Balaban J connectivity index is 0.000000719. The first-order chi connectivity index (χ1) is 62.8. The van der Waals surface area contributed by atoms with Gasteiger partial charge in [-0.3, -0.25) is 0 Å². The van der Waals surface area contributed by atoms with Crippen molar-refractivity contribution in [2.75, 3.05) is 7.11 Å². The summed E-state index contributed by atoms with van der Waals surface area (Å²) in [6, 6.07) is 16.6. The number of nitrogens with zero attached hydrogens (tertiary/aromatic N) is 3. The van der Waals surface area contributed by atoms with E-state index in [4.69, 9.17) is 64.4 Å². The molecule has 0 atom stereocenters. The highest BCUT2D eigenvalue weighted by atomic mass is 127. The van der Waals surface area contributed by atoms with Gasteiger partial charge in [0, 0.05) is 101 Å². The molecule has 0 bridgehead atoms. The van der Waals surface area contributed by atoms with Gasteiger partial charge in [-0.25, -0.2) is 9.97 Å². The molecule has 0 spiro atoms. The Morgan fingerprint density at radius 3 is 0.985 bits per heavy atom. The van der Waals surface area contributed by atoms with Gasteiger partial charge in [0.1, 0.15) is 17.3 Å². The molecule has 7 nitrogen and oxygen atoms in total. The third kappa shape index (κ3) is 54.9. The van der Waals surface area contributed by atoms with Crippen molar-refractivity contribution in [2.45, 2.75) is 194 Å². The van der Waals surface area contributed by atoms with Gasteiger partial charge in [0.05, 0.1) is 60.1 Å². The third-order valence-electron chi connectivity index (χ3n) is 17.8. The quantitative estimate of drug-likeness (QED) is 0.120. The summed E-state index contributed by atoms with van der Waals surface area (Å²) in [6.07, 6.45) is 27.3. The zero-order valence-electron chi connectivity index (χ0n) is 77.6. The standard InChI is InChI=1S/C7H8F3N.C7H7F3.C7H9NO.2C6H7Br.2C6H7Cl.C6H6F3NS.C6H5F3S.2C6H7I.C5H5BrO.C5H5BrS.C5H5ClO.C5H5ClS.C5H5IO.C5H5IS/c1-5-3-11(2)4-6(5)7(8,9)10;1-5-3-2-4-6(5)7(8,9)10;1-6-4-3-5-8-7(6)9-2;4*1-5-3-2-4-6(5)7;1-3-5(6(7,8)9)10-4(2)11-3;1-4-5(2-3-10-4)6(7,8)9;2*1-5-3-2-4-6(5)7;6*1-4-5(6)2-3-7-4/h3-4H,1-2H3;2-3H,4H2,1H3;3-5H,1-2H3;4*2-3H,4H2,1H3;1-2H3;2-3H,1H3;2*2-3H,4H2,1H3;6*2-3H,1H3. The van der Waals surface area contributed by atoms with E-state index < -0.39 is 47.1 Å². The molecule has 7 aliphatic rings. The zero-order chi connectivity index (χ0) is 103. The Kier molecular flexibility index (Phi) is 64.5. The molecule has 17 rings (SSSR count). The molecule has 0 aliphatic heterocycles. The molecule has 0 unspecified atom stereocenters. The topological polar surface area (TPSA) is 79.4 Å². The second-order valence-corrected chi connectivity index (χ2v) is 44.9. The molecule has 0 saturated carbocycles. The third-order valence-corrected chi connectivity index (χ3v) is 33.0. The number of hydrogen-bond acceptors (Lipinski definition) is 11. The zero-order valence-corrected chi connectivity index (χ0v) is 99.7. The molecule has 36 heteroatoms. The number of thiazole rings is 1. The fraction of sp³-hybridized carbons (Fsp3) is 0.313. The minimum absolute atomic E-state index is 0.0370.